The molecule has 0 aliphatic carbocycles. The van der Waals surface area contributed by atoms with Gasteiger partial charge in [0.25, 0.3) is 0 Å². The molecule has 0 spiro atoms. The highest BCUT2D eigenvalue weighted by Gasteiger charge is 2.40. The number of fused-ring (bicyclic) bond motifs is 1. The smallest absolute Gasteiger partial charge is 0.300 e. The highest BCUT2D eigenvalue weighted by atomic mass is 16.4. The van der Waals surface area contributed by atoms with Crippen LogP contribution in [0.25, 0.3) is 0 Å². The maximum absolute atomic E-state index is 11.8. The van der Waals surface area contributed by atoms with Crippen LogP contribution in [0.4, 0.5) is 0 Å². The summed E-state index contributed by atoms with van der Waals surface area (Å²) in [4.78, 5) is 25.6. The van der Waals surface area contributed by atoms with Crippen LogP contribution in [0.5, 0.6) is 0 Å². The first-order valence-electron chi connectivity index (χ1n) is 7.22. The number of nitrogens with zero attached hydrogens (tertiary/aromatic N) is 1. The number of likely N-dealkylation sites (tertiary alicyclic amines) is 1. The molecule has 21 heavy (non-hydrogen) atoms. The lowest BCUT2D eigenvalue weighted by molar-refractivity contribution is -0.124. The van der Waals surface area contributed by atoms with Gasteiger partial charge in [-0.25, -0.2) is 5.84 Å². The number of carbonyl (C=O) groups excluding carboxylic acids is 2. The first-order valence-corrected chi connectivity index (χ1v) is 7.22. The predicted molar refractivity (Wildman–Crippen MR) is 75.0 cm³/mol. The summed E-state index contributed by atoms with van der Waals surface area (Å²) >= 11 is 0. The van der Waals surface area contributed by atoms with Gasteiger partial charge in [0.2, 0.25) is 5.91 Å². The third-order valence-corrected chi connectivity index (χ3v) is 4.47. The van der Waals surface area contributed by atoms with Crippen LogP contribution < -0.4 is 16.6 Å². The van der Waals surface area contributed by atoms with E-state index >= 15 is 0 Å². The van der Waals surface area contributed by atoms with Gasteiger partial charge in [0.15, 0.2) is 5.76 Å². The zero-order chi connectivity index (χ0) is 15.0. The topological polar surface area (TPSA) is 101 Å². The number of aryl methyl sites for hydroxylation is 1. The van der Waals surface area contributed by atoms with Gasteiger partial charge in [-0.05, 0) is 32.4 Å². The van der Waals surface area contributed by atoms with Gasteiger partial charge in [-0.2, -0.15) is 0 Å². The highest BCUT2D eigenvalue weighted by molar-refractivity contribution is 5.91. The predicted octanol–water partition coefficient (Wildman–Crippen LogP) is -0.0981. The molecular formula is C14H20N4O3. The molecule has 2 amide bonds. The monoisotopic (exact) mass is 292 g/mol. The lowest BCUT2D eigenvalue weighted by atomic mass is 9.91. The Hall–Kier alpha value is -1.86. The fourth-order valence-electron chi connectivity index (χ4n) is 3.32. The lowest BCUT2D eigenvalue weighted by Crippen LogP contribution is -2.44. The quantitative estimate of drug-likeness (QED) is 0.410. The van der Waals surface area contributed by atoms with E-state index in [9.17, 15) is 9.59 Å². The van der Waals surface area contributed by atoms with E-state index in [1.165, 1.54) is 0 Å². The van der Waals surface area contributed by atoms with Crippen molar-refractivity contribution >= 4 is 11.8 Å². The Morgan fingerprint density at radius 1 is 1.62 bits per heavy atom. The highest BCUT2D eigenvalue weighted by Crippen LogP contribution is 2.29. The molecule has 0 saturated carbocycles. The maximum atomic E-state index is 11.8. The second-order valence-corrected chi connectivity index (χ2v) is 5.70. The summed E-state index contributed by atoms with van der Waals surface area (Å²) in [5.41, 5.74) is 3.03. The van der Waals surface area contributed by atoms with Crippen LogP contribution in [0.1, 0.15) is 34.7 Å². The van der Waals surface area contributed by atoms with Crippen molar-refractivity contribution < 1.29 is 14.0 Å². The van der Waals surface area contributed by atoms with Crippen LogP contribution in [0.2, 0.25) is 0 Å². The van der Waals surface area contributed by atoms with Crippen molar-refractivity contribution in [2.24, 2.45) is 11.8 Å². The van der Waals surface area contributed by atoms with E-state index in [1.54, 1.807) is 6.07 Å². The summed E-state index contributed by atoms with van der Waals surface area (Å²) in [5, 5.41) is 2.94. The minimum Gasteiger partial charge on any atom is -0.456 e. The molecule has 2 aliphatic heterocycles. The van der Waals surface area contributed by atoms with Gasteiger partial charge in [0.1, 0.15) is 5.76 Å². The van der Waals surface area contributed by atoms with Crippen molar-refractivity contribution in [1.29, 1.82) is 0 Å². The molecule has 0 radical (unpaired) electrons. The van der Waals surface area contributed by atoms with Crippen molar-refractivity contribution in [2.45, 2.75) is 32.4 Å². The molecule has 2 fully saturated rings. The van der Waals surface area contributed by atoms with Crippen molar-refractivity contribution in [3.05, 3.63) is 23.2 Å². The Kier molecular flexibility index (Phi) is 3.69. The van der Waals surface area contributed by atoms with Crippen LogP contribution in [0, 0.1) is 12.8 Å². The van der Waals surface area contributed by atoms with E-state index in [0.717, 1.165) is 24.9 Å². The SMILES string of the molecule is Cc1oc(C(=O)NN)cc1CN1CCCC2C(=O)NCC21. The normalized spacial score (nSPS) is 25.5. The number of hydrazine groups is 1. The van der Waals surface area contributed by atoms with E-state index in [-0.39, 0.29) is 23.6 Å². The summed E-state index contributed by atoms with van der Waals surface area (Å²) in [5.74, 6) is 5.88. The number of piperidine rings is 1. The number of carbonyl (C=O) groups is 2. The van der Waals surface area contributed by atoms with Crippen LogP contribution in [-0.4, -0.2) is 35.8 Å². The number of nitrogen functional groups attached to an aromatic ring is 1. The van der Waals surface area contributed by atoms with E-state index in [1.807, 2.05) is 6.92 Å². The Balaban J connectivity index is 1.75. The third-order valence-electron chi connectivity index (χ3n) is 4.47. The molecule has 3 rings (SSSR count). The standard InChI is InChI=1S/C14H20N4O3/c1-8-9(5-12(21-8)14(20)17-15)7-18-4-2-3-10-11(18)6-16-13(10)19/h5,10-11H,2-4,6-7,15H2,1H3,(H,16,19)(H,17,20). The molecule has 3 heterocycles. The first-order chi connectivity index (χ1) is 10.1. The largest absolute Gasteiger partial charge is 0.456 e. The van der Waals surface area contributed by atoms with Crippen molar-refractivity contribution in [3.8, 4) is 0 Å². The van der Waals surface area contributed by atoms with Crippen molar-refractivity contribution in [2.75, 3.05) is 13.1 Å². The molecule has 2 unspecified atom stereocenters. The number of furan rings is 1. The number of nitrogens with two attached hydrogens (primary N) is 1. The molecule has 7 nitrogen and oxygen atoms in total. The van der Waals surface area contributed by atoms with Crippen LogP contribution >= 0.6 is 0 Å². The average molecular weight is 292 g/mol. The number of rotatable bonds is 3. The molecule has 0 aromatic carbocycles. The Morgan fingerprint density at radius 3 is 3.19 bits per heavy atom. The van der Waals surface area contributed by atoms with Crippen LogP contribution in [0.15, 0.2) is 10.5 Å². The van der Waals surface area contributed by atoms with E-state index in [0.29, 0.717) is 18.8 Å². The second-order valence-electron chi connectivity index (χ2n) is 5.70. The number of hydrogen-bond acceptors (Lipinski definition) is 5. The fourth-order valence-corrected chi connectivity index (χ4v) is 3.32. The Bertz CT molecular complexity index is 569. The number of nitrogens with one attached hydrogen (secondary N) is 2. The van der Waals surface area contributed by atoms with Gasteiger partial charge in [-0.3, -0.25) is 19.9 Å². The number of amides is 2. The molecule has 1 aromatic rings. The lowest BCUT2D eigenvalue weighted by Gasteiger charge is -2.35. The molecule has 2 atom stereocenters. The van der Waals surface area contributed by atoms with Gasteiger partial charge >= 0.3 is 5.91 Å². The molecule has 7 heteroatoms. The molecule has 4 N–H and O–H groups in total. The first kappa shape index (κ1) is 14.1. The summed E-state index contributed by atoms with van der Waals surface area (Å²) < 4.78 is 5.44. The van der Waals surface area contributed by atoms with Gasteiger partial charge in [-0.1, -0.05) is 0 Å². The third kappa shape index (κ3) is 2.54. The maximum Gasteiger partial charge on any atom is 0.300 e. The van der Waals surface area contributed by atoms with Gasteiger partial charge in [0.05, 0.1) is 5.92 Å². The molecule has 2 saturated heterocycles. The Labute approximate surface area is 122 Å². The van der Waals surface area contributed by atoms with Crippen LogP contribution in [-0.2, 0) is 11.3 Å². The van der Waals surface area contributed by atoms with Crippen molar-refractivity contribution in [1.82, 2.24) is 15.6 Å². The molecular weight excluding hydrogens is 272 g/mol. The molecule has 1 aromatic heterocycles. The summed E-state index contributed by atoms with van der Waals surface area (Å²) in [6.45, 7) is 4.18. The molecule has 0 bridgehead atoms. The zero-order valence-corrected chi connectivity index (χ0v) is 12.0. The average Bonchev–Trinajstić information content (AvgIpc) is 3.04. The Morgan fingerprint density at radius 2 is 2.43 bits per heavy atom. The summed E-state index contributed by atoms with van der Waals surface area (Å²) in [7, 11) is 0. The van der Waals surface area contributed by atoms with E-state index in [2.05, 4.69) is 15.6 Å². The zero-order valence-electron chi connectivity index (χ0n) is 12.0. The van der Waals surface area contributed by atoms with E-state index < -0.39 is 5.91 Å². The van der Waals surface area contributed by atoms with Crippen LogP contribution in [0.3, 0.4) is 0 Å². The fraction of sp³-hybridized carbons (Fsp3) is 0.571. The van der Waals surface area contributed by atoms with Gasteiger partial charge in [0, 0.05) is 24.7 Å². The van der Waals surface area contributed by atoms with Gasteiger partial charge < -0.3 is 9.73 Å². The minimum atomic E-state index is -0.432. The van der Waals surface area contributed by atoms with E-state index in [4.69, 9.17) is 10.3 Å². The molecule has 114 valence electrons. The summed E-state index contributed by atoms with van der Waals surface area (Å²) in [6.07, 6.45) is 1.97. The van der Waals surface area contributed by atoms with Crippen molar-refractivity contribution in [3.63, 3.8) is 0 Å². The summed E-state index contributed by atoms with van der Waals surface area (Å²) in [6, 6.07) is 1.97. The van der Waals surface area contributed by atoms with Gasteiger partial charge in [-0.15, -0.1) is 0 Å². The second kappa shape index (κ2) is 5.50. The minimum absolute atomic E-state index is 0.0952. The molecule has 2 aliphatic rings. The number of hydrogen-bond donors (Lipinski definition) is 3.